The van der Waals surface area contributed by atoms with Gasteiger partial charge in [-0.3, -0.25) is 14.3 Å². The molecule has 2 heterocycles. The summed E-state index contributed by atoms with van der Waals surface area (Å²) in [4.78, 5) is 19.6. The van der Waals surface area contributed by atoms with E-state index in [1.54, 1.807) is 29.1 Å². The largest absolute Gasteiger partial charge is 0.299 e. The van der Waals surface area contributed by atoms with Gasteiger partial charge in [-0.25, -0.2) is 4.98 Å². The van der Waals surface area contributed by atoms with Crippen molar-refractivity contribution in [2.24, 2.45) is 0 Å². The lowest BCUT2D eigenvalue weighted by Gasteiger charge is -2.38. The van der Waals surface area contributed by atoms with E-state index in [-0.39, 0.29) is 5.56 Å². The third-order valence-corrected chi connectivity index (χ3v) is 5.15. The molecule has 0 radical (unpaired) electrons. The predicted octanol–water partition coefficient (Wildman–Crippen LogP) is 3.70. The van der Waals surface area contributed by atoms with Crippen LogP contribution in [-0.2, 0) is 6.54 Å². The Morgan fingerprint density at radius 3 is 2.96 bits per heavy atom. The van der Waals surface area contributed by atoms with Crippen molar-refractivity contribution in [3.8, 4) is 0 Å². The Balaban J connectivity index is 1.79. The van der Waals surface area contributed by atoms with Gasteiger partial charge in [0.15, 0.2) is 0 Å². The average Bonchev–Trinajstić information content (AvgIpc) is 2.55. The van der Waals surface area contributed by atoms with E-state index in [1.165, 1.54) is 25.8 Å². The first-order chi connectivity index (χ1) is 11.1. The van der Waals surface area contributed by atoms with E-state index >= 15 is 0 Å². The minimum absolute atomic E-state index is 0.00408. The summed E-state index contributed by atoms with van der Waals surface area (Å²) in [5.41, 5.74) is 0.598. The number of benzene rings is 1. The molecule has 0 saturated carbocycles. The van der Waals surface area contributed by atoms with Gasteiger partial charge in [0.2, 0.25) is 0 Å². The molecule has 0 bridgehead atoms. The van der Waals surface area contributed by atoms with E-state index < -0.39 is 0 Å². The second kappa shape index (κ2) is 7.02. The Hall–Kier alpha value is -1.39. The minimum Gasteiger partial charge on any atom is -0.299 e. The predicted molar refractivity (Wildman–Crippen MR) is 95.1 cm³/mol. The molecule has 0 N–H and O–H groups in total. The monoisotopic (exact) mass is 333 g/mol. The number of aryl methyl sites for hydroxylation is 1. The Morgan fingerprint density at radius 2 is 2.17 bits per heavy atom. The van der Waals surface area contributed by atoms with Crippen molar-refractivity contribution in [3.63, 3.8) is 0 Å². The second-order valence-electron chi connectivity index (χ2n) is 6.65. The van der Waals surface area contributed by atoms with Crippen LogP contribution in [0.25, 0.3) is 10.9 Å². The summed E-state index contributed by atoms with van der Waals surface area (Å²) in [6.07, 6.45) is 6.42. The zero-order valence-corrected chi connectivity index (χ0v) is 14.6. The van der Waals surface area contributed by atoms with Crippen LogP contribution in [0.15, 0.2) is 29.3 Å². The average molecular weight is 334 g/mol. The van der Waals surface area contributed by atoms with Crippen molar-refractivity contribution in [1.29, 1.82) is 0 Å². The van der Waals surface area contributed by atoms with Gasteiger partial charge in [0, 0.05) is 18.6 Å². The molecule has 124 valence electrons. The number of para-hydroxylation sites is 1. The fourth-order valence-electron chi connectivity index (χ4n) is 3.61. The number of fused-ring (bicyclic) bond motifs is 1. The lowest BCUT2D eigenvalue weighted by atomic mass is 9.97. The van der Waals surface area contributed by atoms with Crippen LogP contribution in [0.2, 0.25) is 5.02 Å². The first-order valence-corrected chi connectivity index (χ1v) is 8.85. The van der Waals surface area contributed by atoms with Crippen LogP contribution >= 0.6 is 11.6 Å². The summed E-state index contributed by atoms with van der Waals surface area (Å²) >= 11 is 6.12. The number of likely N-dealkylation sites (tertiary alicyclic amines) is 1. The fourth-order valence-corrected chi connectivity index (χ4v) is 3.84. The van der Waals surface area contributed by atoms with Crippen molar-refractivity contribution < 1.29 is 0 Å². The highest BCUT2D eigenvalue weighted by Gasteiger charge is 2.24. The summed E-state index contributed by atoms with van der Waals surface area (Å²) in [7, 11) is 0. The smallest absolute Gasteiger partial charge is 0.261 e. The number of nitrogens with zero attached hydrogens (tertiary/aromatic N) is 3. The molecule has 4 nitrogen and oxygen atoms in total. The van der Waals surface area contributed by atoms with Crippen molar-refractivity contribution in [2.45, 2.75) is 58.2 Å². The van der Waals surface area contributed by atoms with Crippen LogP contribution in [-0.4, -0.2) is 33.1 Å². The Morgan fingerprint density at radius 1 is 1.35 bits per heavy atom. The van der Waals surface area contributed by atoms with E-state index in [4.69, 9.17) is 11.6 Å². The lowest BCUT2D eigenvalue weighted by Crippen LogP contribution is -2.44. The Kier molecular flexibility index (Phi) is 5.02. The van der Waals surface area contributed by atoms with Crippen LogP contribution in [0.3, 0.4) is 0 Å². The highest BCUT2D eigenvalue weighted by Crippen LogP contribution is 2.22. The van der Waals surface area contributed by atoms with Gasteiger partial charge in [-0.1, -0.05) is 24.1 Å². The van der Waals surface area contributed by atoms with Gasteiger partial charge in [0.25, 0.3) is 5.56 Å². The van der Waals surface area contributed by atoms with E-state index in [0.717, 1.165) is 6.42 Å². The first kappa shape index (κ1) is 16.5. The molecular formula is C18H24ClN3O. The molecule has 1 aromatic heterocycles. The molecule has 1 aromatic carbocycles. The molecule has 1 atom stereocenters. The Bertz CT molecular complexity index is 741. The molecule has 0 spiro atoms. The van der Waals surface area contributed by atoms with Crippen molar-refractivity contribution >= 4 is 22.5 Å². The van der Waals surface area contributed by atoms with Crippen LogP contribution in [0, 0.1) is 0 Å². The molecular weight excluding hydrogens is 310 g/mol. The zero-order valence-electron chi connectivity index (χ0n) is 13.8. The minimum atomic E-state index is 0.00408. The van der Waals surface area contributed by atoms with E-state index in [2.05, 4.69) is 23.7 Å². The second-order valence-corrected chi connectivity index (χ2v) is 7.06. The van der Waals surface area contributed by atoms with Gasteiger partial charge in [0.05, 0.1) is 22.3 Å². The van der Waals surface area contributed by atoms with Gasteiger partial charge in [-0.2, -0.15) is 0 Å². The Labute approximate surface area is 142 Å². The van der Waals surface area contributed by atoms with Crippen LogP contribution in [0.5, 0.6) is 0 Å². The van der Waals surface area contributed by atoms with E-state index in [0.29, 0.717) is 34.6 Å². The van der Waals surface area contributed by atoms with Gasteiger partial charge >= 0.3 is 0 Å². The maximum absolute atomic E-state index is 12.6. The molecule has 23 heavy (non-hydrogen) atoms. The number of halogens is 1. The molecule has 1 aliphatic heterocycles. The van der Waals surface area contributed by atoms with Crippen molar-refractivity contribution in [3.05, 3.63) is 39.9 Å². The summed E-state index contributed by atoms with van der Waals surface area (Å²) < 4.78 is 1.73. The normalized spacial score (nSPS) is 19.6. The van der Waals surface area contributed by atoms with Gasteiger partial charge in [-0.15, -0.1) is 0 Å². The van der Waals surface area contributed by atoms with Gasteiger partial charge in [-0.05, 0) is 51.8 Å². The lowest BCUT2D eigenvalue weighted by molar-refractivity contribution is 0.102. The quantitative estimate of drug-likeness (QED) is 0.856. The SMILES string of the molecule is CC(C)N1CCCCC1CCn1cnc2c(Cl)cccc2c1=O. The molecule has 1 unspecified atom stereocenters. The number of piperidine rings is 1. The molecule has 1 saturated heterocycles. The van der Waals surface area contributed by atoms with Crippen molar-refractivity contribution in [1.82, 2.24) is 14.5 Å². The van der Waals surface area contributed by atoms with Gasteiger partial charge < -0.3 is 0 Å². The van der Waals surface area contributed by atoms with E-state index in [1.807, 2.05) is 0 Å². The van der Waals surface area contributed by atoms with E-state index in [9.17, 15) is 4.79 Å². The molecule has 5 heteroatoms. The van der Waals surface area contributed by atoms with Gasteiger partial charge in [0.1, 0.15) is 0 Å². The summed E-state index contributed by atoms with van der Waals surface area (Å²) in [5, 5.41) is 1.13. The third-order valence-electron chi connectivity index (χ3n) is 4.84. The summed E-state index contributed by atoms with van der Waals surface area (Å²) in [5.74, 6) is 0. The number of rotatable bonds is 4. The highest BCUT2D eigenvalue weighted by atomic mass is 35.5. The topological polar surface area (TPSA) is 38.1 Å². The van der Waals surface area contributed by atoms with Crippen LogP contribution in [0.4, 0.5) is 0 Å². The standard InChI is InChI=1S/C18H24ClN3O/c1-13(2)22-10-4-3-6-14(22)9-11-21-12-20-17-15(18(21)23)7-5-8-16(17)19/h5,7-8,12-14H,3-4,6,9-11H2,1-2H3. The molecule has 0 aliphatic carbocycles. The summed E-state index contributed by atoms with van der Waals surface area (Å²) in [6, 6.07) is 6.49. The number of aromatic nitrogens is 2. The summed E-state index contributed by atoms with van der Waals surface area (Å²) in [6.45, 7) is 6.39. The van der Waals surface area contributed by atoms with Crippen molar-refractivity contribution in [2.75, 3.05) is 6.54 Å². The molecule has 0 amide bonds. The van der Waals surface area contributed by atoms with Crippen LogP contribution < -0.4 is 5.56 Å². The molecule has 1 fully saturated rings. The molecule has 3 rings (SSSR count). The highest BCUT2D eigenvalue weighted by molar-refractivity contribution is 6.34. The molecule has 2 aromatic rings. The fraction of sp³-hybridized carbons (Fsp3) is 0.556. The molecule has 1 aliphatic rings. The van der Waals surface area contributed by atoms with Crippen LogP contribution in [0.1, 0.15) is 39.5 Å². The maximum atomic E-state index is 12.6. The third kappa shape index (κ3) is 3.43. The zero-order chi connectivity index (χ0) is 16.4. The number of hydrogen-bond acceptors (Lipinski definition) is 3. The first-order valence-electron chi connectivity index (χ1n) is 8.47. The number of hydrogen-bond donors (Lipinski definition) is 0. The maximum Gasteiger partial charge on any atom is 0.261 e.